The Morgan fingerprint density at radius 3 is 2.48 bits per heavy atom. The van der Waals surface area contributed by atoms with E-state index in [0.717, 1.165) is 31.6 Å². The smallest absolute Gasteiger partial charge is 0.251 e. The lowest BCUT2D eigenvalue weighted by Gasteiger charge is -2.28. The van der Waals surface area contributed by atoms with Gasteiger partial charge in [-0.05, 0) is 37.9 Å². The Kier molecular flexibility index (Phi) is 6.16. The molecule has 5 heteroatoms. The summed E-state index contributed by atoms with van der Waals surface area (Å²) in [5, 5.41) is 6.21. The second kappa shape index (κ2) is 8.11. The third-order valence-corrected chi connectivity index (χ3v) is 4.18. The number of rotatable bonds is 4. The molecule has 0 bridgehead atoms. The Hall–Kier alpha value is -1.88. The van der Waals surface area contributed by atoms with E-state index in [-0.39, 0.29) is 17.7 Å². The summed E-state index contributed by atoms with van der Waals surface area (Å²) in [6, 6.07) is 6.91. The summed E-state index contributed by atoms with van der Waals surface area (Å²) in [7, 11) is 0. The van der Waals surface area contributed by atoms with Crippen LogP contribution in [0.1, 0.15) is 36.2 Å². The minimum Gasteiger partial charge on any atom is -0.340 e. The van der Waals surface area contributed by atoms with Gasteiger partial charge in [0, 0.05) is 25.2 Å². The van der Waals surface area contributed by atoms with Crippen LogP contribution in [-0.2, 0) is 4.79 Å². The van der Waals surface area contributed by atoms with Crippen LogP contribution in [0, 0.1) is 12.8 Å². The van der Waals surface area contributed by atoms with Crippen molar-refractivity contribution in [3.63, 3.8) is 0 Å². The lowest BCUT2D eigenvalue weighted by molar-refractivity contribution is -0.134. The first-order chi connectivity index (χ1) is 11.0. The van der Waals surface area contributed by atoms with E-state index in [4.69, 9.17) is 0 Å². The summed E-state index contributed by atoms with van der Waals surface area (Å²) in [6.45, 7) is 9.10. The first-order valence-corrected chi connectivity index (χ1v) is 8.36. The summed E-state index contributed by atoms with van der Waals surface area (Å²) in [6.07, 6.45) is 0.947. The van der Waals surface area contributed by atoms with E-state index in [1.165, 1.54) is 0 Å². The zero-order chi connectivity index (χ0) is 16.8. The predicted octanol–water partition coefficient (Wildman–Crippen LogP) is 1.57. The van der Waals surface area contributed by atoms with Gasteiger partial charge in [-0.25, -0.2) is 0 Å². The Labute approximate surface area is 138 Å². The van der Waals surface area contributed by atoms with Crippen molar-refractivity contribution in [3.05, 3.63) is 35.4 Å². The first kappa shape index (κ1) is 17.5. The molecule has 1 saturated heterocycles. The van der Waals surface area contributed by atoms with Crippen molar-refractivity contribution in [1.29, 1.82) is 0 Å². The number of benzene rings is 1. The molecule has 2 amide bonds. The molecule has 0 aromatic heterocycles. The molecule has 1 aromatic rings. The number of aryl methyl sites for hydroxylation is 1. The number of carbonyl (C=O) groups excluding carboxylic acids is 2. The lowest BCUT2D eigenvalue weighted by Crippen LogP contribution is -2.52. The second-order valence-corrected chi connectivity index (χ2v) is 6.49. The molecule has 2 rings (SSSR count). The van der Waals surface area contributed by atoms with Gasteiger partial charge in [0.1, 0.15) is 6.04 Å². The van der Waals surface area contributed by atoms with Gasteiger partial charge in [0.25, 0.3) is 5.91 Å². The molecule has 1 atom stereocenters. The average molecular weight is 317 g/mol. The summed E-state index contributed by atoms with van der Waals surface area (Å²) in [5.74, 6) is -0.123. The van der Waals surface area contributed by atoms with E-state index in [1.807, 2.05) is 37.8 Å². The van der Waals surface area contributed by atoms with Crippen LogP contribution in [0.5, 0.6) is 0 Å². The molecule has 5 nitrogen and oxygen atoms in total. The van der Waals surface area contributed by atoms with Crippen molar-refractivity contribution in [2.75, 3.05) is 26.2 Å². The molecule has 1 aromatic carbocycles. The summed E-state index contributed by atoms with van der Waals surface area (Å²) in [5.41, 5.74) is 1.70. The highest BCUT2D eigenvalue weighted by Crippen LogP contribution is 2.10. The normalized spacial score (nSPS) is 16.8. The van der Waals surface area contributed by atoms with Crippen molar-refractivity contribution in [2.24, 2.45) is 5.92 Å². The van der Waals surface area contributed by atoms with Gasteiger partial charge >= 0.3 is 0 Å². The van der Waals surface area contributed by atoms with Crippen LogP contribution in [0.25, 0.3) is 0 Å². The number of carbonyl (C=O) groups is 2. The minimum atomic E-state index is -0.484. The van der Waals surface area contributed by atoms with E-state index in [0.29, 0.717) is 12.1 Å². The Balaban J connectivity index is 2.06. The van der Waals surface area contributed by atoms with Gasteiger partial charge in [-0.15, -0.1) is 0 Å². The van der Waals surface area contributed by atoms with E-state index in [9.17, 15) is 9.59 Å². The zero-order valence-corrected chi connectivity index (χ0v) is 14.3. The fraction of sp³-hybridized carbons (Fsp3) is 0.556. The third-order valence-electron chi connectivity index (χ3n) is 4.18. The van der Waals surface area contributed by atoms with E-state index >= 15 is 0 Å². The molecular weight excluding hydrogens is 290 g/mol. The van der Waals surface area contributed by atoms with Crippen LogP contribution in [0.2, 0.25) is 0 Å². The fourth-order valence-electron chi connectivity index (χ4n) is 2.71. The molecule has 2 N–H and O–H groups in total. The quantitative estimate of drug-likeness (QED) is 0.886. The highest BCUT2D eigenvalue weighted by molar-refractivity contribution is 5.97. The number of amides is 2. The SMILES string of the molecule is Cc1ccc(C(=O)NC(C(=O)N2CCCNCC2)C(C)C)cc1. The molecular formula is C18H27N3O2. The maximum Gasteiger partial charge on any atom is 0.251 e. The molecule has 126 valence electrons. The molecule has 1 aliphatic rings. The van der Waals surface area contributed by atoms with Crippen LogP contribution in [0.4, 0.5) is 0 Å². The Morgan fingerprint density at radius 1 is 1.13 bits per heavy atom. The maximum atomic E-state index is 12.8. The highest BCUT2D eigenvalue weighted by Gasteiger charge is 2.29. The van der Waals surface area contributed by atoms with Gasteiger partial charge in [0.05, 0.1) is 0 Å². The fourth-order valence-corrected chi connectivity index (χ4v) is 2.71. The van der Waals surface area contributed by atoms with Gasteiger partial charge in [-0.3, -0.25) is 9.59 Å². The molecule has 0 saturated carbocycles. The largest absolute Gasteiger partial charge is 0.340 e. The number of hydrogen-bond donors (Lipinski definition) is 2. The summed E-state index contributed by atoms with van der Waals surface area (Å²) >= 11 is 0. The van der Waals surface area contributed by atoms with Crippen molar-refractivity contribution < 1.29 is 9.59 Å². The topological polar surface area (TPSA) is 61.4 Å². The first-order valence-electron chi connectivity index (χ1n) is 8.36. The molecule has 1 unspecified atom stereocenters. The summed E-state index contributed by atoms with van der Waals surface area (Å²) in [4.78, 5) is 27.1. The lowest BCUT2D eigenvalue weighted by atomic mass is 10.0. The third kappa shape index (κ3) is 4.79. The zero-order valence-electron chi connectivity index (χ0n) is 14.3. The minimum absolute atomic E-state index is 0.0177. The van der Waals surface area contributed by atoms with Crippen molar-refractivity contribution in [3.8, 4) is 0 Å². The van der Waals surface area contributed by atoms with Crippen molar-refractivity contribution in [2.45, 2.75) is 33.2 Å². The van der Waals surface area contributed by atoms with Gasteiger partial charge in [-0.1, -0.05) is 31.5 Å². The van der Waals surface area contributed by atoms with Gasteiger partial charge in [-0.2, -0.15) is 0 Å². The van der Waals surface area contributed by atoms with E-state index in [2.05, 4.69) is 10.6 Å². The van der Waals surface area contributed by atoms with Crippen molar-refractivity contribution in [1.82, 2.24) is 15.5 Å². The average Bonchev–Trinajstić information content (AvgIpc) is 2.81. The molecule has 1 aliphatic heterocycles. The molecule has 0 spiro atoms. The molecule has 23 heavy (non-hydrogen) atoms. The van der Waals surface area contributed by atoms with Gasteiger partial charge < -0.3 is 15.5 Å². The standard InChI is InChI=1S/C18H27N3O2/c1-13(2)16(18(23)21-11-4-9-19-10-12-21)20-17(22)15-7-5-14(3)6-8-15/h5-8,13,16,19H,4,9-12H2,1-3H3,(H,20,22). The van der Waals surface area contributed by atoms with Gasteiger partial charge in [0.2, 0.25) is 5.91 Å². The molecule has 1 fully saturated rings. The van der Waals surface area contributed by atoms with Crippen LogP contribution >= 0.6 is 0 Å². The van der Waals surface area contributed by atoms with Crippen LogP contribution in [0.15, 0.2) is 24.3 Å². The van der Waals surface area contributed by atoms with Crippen LogP contribution in [-0.4, -0.2) is 48.9 Å². The van der Waals surface area contributed by atoms with Crippen molar-refractivity contribution >= 4 is 11.8 Å². The second-order valence-electron chi connectivity index (χ2n) is 6.49. The molecule has 0 aliphatic carbocycles. The Bertz CT molecular complexity index is 532. The maximum absolute atomic E-state index is 12.8. The van der Waals surface area contributed by atoms with Gasteiger partial charge in [0.15, 0.2) is 0 Å². The Morgan fingerprint density at radius 2 is 1.83 bits per heavy atom. The monoisotopic (exact) mass is 317 g/mol. The van der Waals surface area contributed by atoms with E-state index in [1.54, 1.807) is 12.1 Å². The highest BCUT2D eigenvalue weighted by atomic mass is 16.2. The summed E-state index contributed by atoms with van der Waals surface area (Å²) < 4.78 is 0. The predicted molar refractivity (Wildman–Crippen MR) is 91.3 cm³/mol. The van der Waals surface area contributed by atoms with E-state index < -0.39 is 6.04 Å². The van der Waals surface area contributed by atoms with Crippen LogP contribution in [0.3, 0.4) is 0 Å². The molecule has 1 heterocycles. The molecule has 0 radical (unpaired) electrons. The van der Waals surface area contributed by atoms with Crippen LogP contribution < -0.4 is 10.6 Å². The number of nitrogens with zero attached hydrogens (tertiary/aromatic N) is 1. The number of nitrogens with one attached hydrogen (secondary N) is 2. The number of hydrogen-bond acceptors (Lipinski definition) is 3.